The van der Waals surface area contributed by atoms with Crippen LogP contribution in [0.1, 0.15) is 52.9 Å². The van der Waals surface area contributed by atoms with E-state index in [0.29, 0.717) is 6.61 Å². The highest BCUT2D eigenvalue weighted by molar-refractivity contribution is 5.83. The quantitative estimate of drug-likeness (QED) is 0.671. The van der Waals surface area contributed by atoms with Gasteiger partial charge in [-0.3, -0.25) is 4.79 Å². The molecule has 2 rings (SSSR count). The first-order chi connectivity index (χ1) is 11.0. The molecule has 5 heteroatoms. The van der Waals surface area contributed by atoms with Gasteiger partial charge in [-0.1, -0.05) is 27.2 Å². The highest BCUT2D eigenvalue weighted by Crippen LogP contribution is 2.43. The second-order valence-electron chi connectivity index (χ2n) is 7.76. The van der Waals surface area contributed by atoms with Gasteiger partial charge in [-0.25, -0.2) is 0 Å². The Kier molecular flexibility index (Phi) is 6.46. The van der Waals surface area contributed by atoms with E-state index in [9.17, 15) is 4.79 Å². The summed E-state index contributed by atoms with van der Waals surface area (Å²) in [5.41, 5.74) is -0.366. The molecule has 134 valence electrons. The van der Waals surface area contributed by atoms with E-state index < -0.39 is 0 Å². The maximum Gasteiger partial charge on any atom is 0.228 e. The van der Waals surface area contributed by atoms with Gasteiger partial charge in [-0.15, -0.1) is 0 Å². The minimum atomic E-state index is -0.371. The third-order valence-corrected chi connectivity index (χ3v) is 5.76. The van der Waals surface area contributed by atoms with E-state index in [-0.39, 0.29) is 28.9 Å². The van der Waals surface area contributed by atoms with Gasteiger partial charge >= 0.3 is 0 Å². The van der Waals surface area contributed by atoms with E-state index in [2.05, 4.69) is 31.4 Å². The SMILES string of the molecule is CCCCOC1CC(NC(=O)C2(COC)CCNCC2)C1(C)C. The van der Waals surface area contributed by atoms with Gasteiger partial charge in [0.25, 0.3) is 0 Å². The number of hydrogen-bond donors (Lipinski definition) is 2. The lowest BCUT2D eigenvalue weighted by atomic mass is 9.64. The van der Waals surface area contributed by atoms with Crippen LogP contribution in [0, 0.1) is 10.8 Å². The number of nitrogens with one attached hydrogen (secondary N) is 2. The van der Waals surface area contributed by atoms with Gasteiger partial charge < -0.3 is 20.1 Å². The number of unbranched alkanes of at least 4 members (excludes halogenated alkanes) is 1. The summed E-state index contributed by atoms with van der Waals surface area (Å²) in [4.78, 5) is 12.9. The second-order valence-corrected chi connectivity index (χ2v) is 7.76. The normalized spacial score (nSPS) is 28.9. The number of methoxy groups -OCH3 is 1. The molecule has 1 saturated carbocycles. The zero-order valence-corrected chi connectivity index (χ0v) is 15.2. The minimum Gasteiger partial charge on any atom is -0.384 e. The lowest BCUT2D eigenvalue weighted by Gasteiger charge is -2.52. The van der Waals surface area contributed by atoms with Crippen molar-refractivity contribution in [2.45, 2.75) is 65.0 Å². The molecule has 1 amide bonds. The number of piperidine rings is 1. The van der Waals surface area contributed by atoms with E-state index in [0.717, 1.165) is 51.8 Å². The van der Waals surface area contributed by atoms with Gasteiger partial charge in [0.2, 0.25) is 5.91 Å². The number of carbonyl (C=O) groups excluding carboxylic acids is 1. The summed E-state index contributed by atoms with van der Waals surface area (Å²) in [5.74, 6) is 0.158. The topological polar surface area (TPSA) is 59.6 Å². The van der Waals surface area contributed by atoms with Gasteiger partial charge in [0.05, 0.1) is 18.1 Å². The molecule has 0 aromatic carbocycles. The zero-order valence-electron chi connectivity index (χ0n) is 15.2. The second kappa shape index (κ2) is 7.95. The molecule has 2 fully saturated rings. The van der Waals surface area contributed by atoms with Crippen LogP contribution in [0.25, 0.3) is 0 Å². The first kappa shape index (κ1) is 18.7. The Bertz CT molecular complexity index is 386. The van der Waals surface area contributed by atoms with Gasteiger partial charge in [-0.2, -0.15) is 0 Å². The molecule has 0 aromatic heterocycles. The van der Waals surface area contributed by atoms with Gasteiger partial charge in [0.1, 0.15) is 0 Å². The maximum absolute atomic E-state index is 12.9. The molecule has 2 unspecified atom stereocenters. The Balaban J connectivity index is 1.89. The van der Waals surface area contributed by atoms with E-state index in [1.807, 2.05) is 0 Å². The van der Waals surface area contributed by atoms with Crippen LogP contribution in [0.2, 0.25) is 0 Å². The van der Waals surface area contributed by atoms with E-state index in [4.69, 9.17) is 9.47 Å². The first-order valence-electron chi connectivity index (χ1n) is 9.08. The Morgan fingerprint density at radius 1 is 1.30 bits per heavy atom. The van der Waals surface area contributed by atoms with Crippen molar-refractivity contribution in [1.82, 2.24) is 10.6 Å². The van der Waals surface area contributed by atoms with Crippen LogP contribution in [0.5, 0.6) is 0 Å². The van der Waals surface area contributed by atoms with Crippen molar-refractivity contribution >= 4 is 5.91 Å². The molecule has 1 aliphatic heterocycles. The molecule has 1 heterocycles. The molecule has 2 atom stereocenters. The third-order valence-electron chi connectivity index (χ3n) is 5.76. The number of rotatable bonds is 8. The largest absolute Gasteiger partial charge is 0.384 e. The van der Waals surface area contributed by atoms with Crippen LogP contribution in [-0.2, 0) is 14.3 Å². The van der Waals surface area contributed by atoms with E-state index in [1.165, 1.54) is 0 Å². The predicted molar refractivity (Wildman–Crippen MR) is 91.4 cm³/mol. The minimum absolute atomic E-state index is 0.00454. The van der Waals surface area contributed by atoms with Crippen LogP contribution in [0.3, 0.4) is 0 Å². The van der Waals surface area contributed by atoms with E-state index in [1.54, 1.807) is 7.11 Å². The number of ether oxygens (including phenoxy) is 2. The summed E-state index contributed by atoms with van der Waals surface area (Å²) >= 11 is 0. The summed E-state index contributed by atoms with van der Waals surface area (Å²) in [7, 11) is 1.68. The molecule has 1 aliphatic carbocycles. The fraction of sp³-hybridized carbons (Fsp3) is 0.944. The summed E-state index contributed by atoms with van der Waals surface area (Å²) in [6.45, 7) is 9.66. The van der Waals surface area contributed by atoms with Crippen molar-refractivity contribution in [3.63, 3.8) is 0 Å². The molecule has 1 saturated heterocycles. The molecule has 0 spiro atoms. The Hall–Kier alpha value is -0.650. The third kappa shape index (κ3) is 4.06. The van der Waals surface area contributed by atoms with Crippen LogP contribution in [0.4, 0.5) is 0 Å². The lowest BCUT2D eigenvalue weighted by molar-refractivity contribution is -0.149. The summed E-state index contributed by atoms with van der Waals surface area (Å²) < 4.78 is 11.3. The fourth-order valence-corrected chi connectivity index (χ4v) is 3.71. The zero-order chi connectivity index (χ0) is 16.9. The monoisotopic (exact) mass is 326 g/mol. The summed E-state index contributed by atoms with van der Waals surface area (Å²) in [5, 5.41) is 6.63. The van der Waals surface area contributed by atoms with Crippen LogP contribution in [0.15, 0.2) is 0 Å². The van der Waals surface area contributed by atoms with Crippen LogP contribution < -0.4 is 10.6 Å². The molecule has 0 aromatic rings. The van der Waals surface area contributed by atoms with Crippen molar-refractivity contribution in [2.75, 3.05) is 33.4 Å². The molecule has 0 bridgehead atoms. The van der Waals surface area contributed by atoms with Gasteiger partial charge in [0, 0.05) is 25.2 Å². The standard InChI is InChI=1S/C18H34N2O3/c1-5-6-11-23-15-12-14(17(15,2)3)20-16(21)18(13-22-4)7-9-19-10-8-18/h14-15,19H,5-13H2,1-4H3,(H,20,21). The lowest BCUT2D eigenvalue weighted by Crippen LogP contribution is -2.64. The van der Waals surface area contributed by atoms with Crippen molar-refractivity contribution in [1.29, 1.82) is 0 Å². The van der Waals surface area contributed by atoms with Crippen molar-refractivity contribution in [2.24, 2.45) is 10.8 Å². The van der Waals surface area contributed by atoms with Crippen molar-refractivity contribution in [3.8, 4) is 0 Å². The smallest absolute Gasteiger partial charge is 0.228 e. The Labute approximate surface area is 140 Å². The first-order valence-corrected chi connectivity index (χ1v) is 9.08. The average Bonchev–Trinajstić information content (AvgIpc) is 2.54. The summed E-state index contributed by atoms with van der Waals surface area (Å²) in [6.07, 6.45) is 5.12. The molecular formula is C18H34N2O3. The highest BCUT2D eigenvalue weighted by atomic mass is 16.5. The van der Waals surface area contributed by atoms with Gasteiger partial charge in [-0.05, 0) is 38.8 Å². The highest BCUT2D eigenvalue weighted by Gasteiger charge is 2.51. The maximum atomic E-state index is 12.9. The number of amides is 1. The van der Waals surface area contributed by atoms with Crippen LogP contribution >= 0.6 is 0 Å². The van der Waals surface area contributed by atoms with Crippen molar-refractivity contribution < 1.29 is 14.3 Å². The fourth-order valence-electron chi connectivity index (χ4n) is 3.71. The predicted octanol–water partition coefficient (Wildman–Crippen LogP) is 2.10. The van der Waals surface area contributed by atoms with E-state index >= 15 is 0 Å². The molecule has 2 N–H and O–H groups in total. The van der Waals surface area contributed by atoms with Crippen LogP contribution in [-0.4, -0.2) is 51.5 Å². The average molecular weight is 326 g/mol. The molecular weight excluding hydrogens is 292 g/mol. The Morgan fingerprint density at radius 2 is 2.00 bits per heavy atom. The molecule has 23 heavy (non-hydrogen) atoms. The number of hydrogen-bond acceptors (Lipinski definition) is 4. The Morgan fingerprint density at radius 3 is 2.57 bits per heavy atom. The number of carbonyl (C=O) groups is 1. The summed E-state index contributed by atoms with van der Waals surface area (Å²) in [6, 6.07) is 0.199. The molecule has 2 aliphatic rings. The molecule has 5 nitrogen and oxygen atoms in total. The van der Waals surface area contributed by atoms with Crippen molar-refractivity contribution in [3.05, 3.63) is 0 Å². The van der Waals surface area contributed by atoms with Gasteiger partial charge in [0.15, 0.2) is 0 Å². The molecule has 0 radical (unpaired) electrons.